The lowest BCUT2D eigenvalue weighted by Gasteiger charge is -2.22. The lowest BCUT2D eigenvalue weighted by molar-refractivity contribution is 0.0744. The van der Waals surface area contributed by atoms with E-state index < -0.39 is 0 Å². The summed E-state index contributed by atoms with van der Waals surface area (Å²) in [4.78, 5) is 4.37. The van der Waals surface area contributed by atoms with Gasteiger partial charge in [0.05, 0.1) is 13.2 Å². The summed E-state index contributed by atoms with van der Waals surface area (Å²) < 4.78 is 10.6. The molecule has 0 amide bonds. The highest BCUT2D eigenvalue weighted by Crippen LogP contribution is 2.06. The maximum atomic E-state index is 5.37. The van der Waals surface area contributed by atoms with Gasteiger partial charge < -0.3 is 14.6 Å². The number of nitrogens with zero attached hydrogens (tertiary/aromatic N) is 2. The lowest BCUT2D eigenvalue weighted by atomic mass is 10.2. The number of hydrogen-bond acceptors (Lipinski definition) is 5. The third kappa shape index (κ3) is 3.28. The molecule has 1 aromatic heterocycles. The molecule has 5 heteroatoms. The Morgan fingerprint density at radius 3 is 3.19 bits per heavy atom. The van der Waals surface area contributed by atoms with E-state index in [4.69, 9.17) is 9.26 Å². The molecule has 1 saturated heterocycles. The average molecular weight is 225 g/mol. The molecular weight excluding hydrogens is 206 g/mol. The van der Waals surface area contributed by atoms with Gasteiger partial charge in [-0.25, -0.2) is 0 Å². The van der Waals surface area contributed by atoms with Gasteiger partial charge in [0, 0.05) is 25.4 Å². The Morgan fingerprint density at radius 1 is 1.50 bits per heavy atom. The monoisotopic (exact) mass is 225 g/mol. The van der Waals surface area contributed by atoms with E-state index in [1.165, 1.54) is 0 Å². The molecule has 1 N–H and O–H groups in total. The summed E-state index contributed by atoms with van der Waals surface area (Å²) in [5, 5.41) is 7.33. The van der Waals surface area contributed by atoms with Crippen molar-refractivity contribution in [3.63, 3.8) is 0 Å². The van der Waals surface area contributed by atoms with Crippen LogP contribution in [0.5, 0.6) is 0 Å². The van der Waals surface area contributed by atoms with Gasteiger partial charge in [-0.2, -0.15) is 4.98 Å². The highest BCUT2D eigenvalue weighted by molar-refractivity contribution is 4.90. The minimum Gasteiger partial charge on any atom is -0.378 e. The van der Waals surface area contributed by atoms with Crippen LogP contribution in [0.4, 0.5) is 0 Å². The maximum Gasteiger partial charge on any atom is 0.228 e. The van der Waals surface area contributed by atoms with E-state index in [1.807, 2.05) is 0 Å². The normalized spacial score (nSPS) is 21.2. The summed E-state index contributed by atoms with van der Waals surface area (Å²) in [6.45, 7) is 4.58. The van der Waals surface area contributed by atoms with Gasteiger partial charge >= 0.3 is 0 Å². The summed E-state index contributed by atoms with van der Waals surface area (Å²) in [7, 11) is 0. The Labute approximate surface area is 95.6 Å². The van der Waals surface area contributed by atoms with Gasteiger partial charge in [0.2, 0.25) is 5.89 Å². The van der Waals surface area contributed by atoms with E-state index in [0.717, 1.165) is 51.3 Å². The van der Waals surface area contributed by atoms with Crippen molar-refractivity contribution in [3.8, 4) is 0 Å². The predicted octanol–water partition coefficient (Wildman–Crippen LogP) is 0.943. The number of unbranched alkanes of at least 4 members (excludes halogenated alkanes) is 1. The highest BCUT2D eigenvalue weighted by Gasteiger charge is 2.17. The molecule has 0 spiro atoms. The fraction of sp³-hybridized carbons (Fsp3) is 0.818. The number of aromatic nitrogens is 2. The summed E-state index contributed by atoms with van der Waals surface area (Å²) in [5.74, 6) is 1.54. The summed E-state index contributed by atoms with van der Waals surface area (Å²) >= 11 is 0. The van der Waals surface area contributed by atoms with E-state index >= 15 is 0 Å². The average Bonchev–Trinajstić information content (AvgIpc) is 2.75. The molecule has 0 aromatic carbocycles. The van der Waals surface area contributed by atoms with Gasteiger partial charge in [-0.3, -0.25) is 0 Å². The van der Waals surface area contributed by atoms with Crippen LogP contribution in [-0.2, 0) is 17.6 Å². The molecule has 2 heterocycles. The molecule has 1 aromatic rings. The number of aryl methyl sites for hydroxylation is 1. The Bertz CT molecular complexity index is 308. The smallest absolute Gasteiger partial charge is 0.228 e. The van der Waals surface area contributed by atoms with Crippen LogP contribution in [0, 0.1) is 0 Å². The summed E-state index contributed by atoms with van der Waals surface area (Å²) in [5.41, 5.74) is 0. The van der Waals surface area contributed by atoms with Crippen LogP contribution in [0.15, 0.2) is 4.52 Å². The quantitative estimate of drug-likeness (QED) is 0.808. The van der Waals surface area contributed by atoms with Crippen LogP contribution >= 0.6 is 0 Å². The maximum absolute atomic E-state index is 5.37. The second kappa shape index (κ2) is 5.96. The van der Waals surface area contributed by atoms with Crippen LogP contribution < -0.4 is 5.32 Å². The molecular formula is C11H19N3O2. The van der Waals surface area contributed by atoms with Gasteiger partial charge in [-0.15, -0.1) is 0 Å². The second-order valence-corrected chi connectivity index (χ2v) is 4.14. The van der Waals surface area contributed by atoms with Crippen LogP contribution in [0.3, 0.4) is 0 Å². The SMILES string of the molecule is CCCCc1noc(CC2COCCN2)n1. The molecule has 1 unspecified atom stereocenters. The van der Waals surface area contributed by atoms with Crippen LogP contribution in [0.25, 0.3) is 0 Å². The molecule has 1 fully saturated rings. The fourth-order valence-electron chi connectivity index (χ4n) is 1.77. The van der Waals surface area contributed by atoms with Crippen molar-refractivity contribution >= 4 is 0 Å². The fourth-order valence-corrected chi connectivity index (χ4v) is 1.77. The number of ether oxygens (including phenoxy) is 1. The number of nitrogens with one attached hydrogen (secondary N) is 1. The molecule has 90 valence electrons. The Hall–Kier alpha value is -0.940. The third-order valence-electron chi connectivity index (χ3n) is 2.68. The second-order valence-electron chi connectivity index (χ2n) is 4.14. The molecule has 0 radical (unpaired) electrons. The zero-order valence-corrected chi connectivity index (χ0v) is 9.74. The van der Waals surface area contributed by atoms with Gasteiger partial charge in [0.15, 0.2) is 5.82 Å². The Kier molecular flexibility index (Phi) is 4.30. The molecule has 5 nitrogen and oxygen atoms in total. The van der Waals surface area contributed by atoms with Crippen molar-refractivity contribution in [1.29, 1.82) is 0 Å². The highest BCUT2D eigenvalue weighted by atomic mass is 16.5. The first kappa shape index (κ1) is 11.5. The van der Waals surface area contributed by atoms with Crippen molar-refractivity contribution in [2.24, 2.45) is 0 Å². The standard InChI is InChI=1S/C11H19N3O2/c1-2-3-4-10-13-11(16-14-10)7-9-8-15-6-5-12-9/h9,12H,2-8H2,1H3. The lowest BCUT2D eigenvalue weighted by Crippen LogP contribution is -2.42. The Morgan fingerprint density at radius 2 is 2.44 bits per heavy atom. The van der Waals surface area contributed by atoms with Gasteiger partial charge in [-0.1, -0.05) is 18.5 Å². The first-order chi connectivity index (χ1) is 7.88. The van der Waals surface area contributed by atoms with E-state index in [1.54, 1.807) is 0 Å². The van der Waals surface area contributed by atoms with Crippen LogP contribution in [0.2, 0.25) is 0 Å². The third-order valence-corrected chi connectivity index (χ3v) is 2.68. The largest absolute Gasteiger partial charge is 0.378 e. The minimum absolute atomic E-state index is 0.313. The molecule has 2 rings (SSSR count). The zero-order valence-electron chi connectivity index (χ0n) is 9.74. The van der Waals surface area contributed by atoms with Crippen molar-refractivity contribution in [1.82, 2.24) is 15.5 Å². The van der Waals surface area contributed by atoms with Crippen molar-refractivity contribution in [3.05, 3.63) is 11.7 Å². The van der Waals surface area contributed by atoms with Crippen LogP contribution in [-0.4, -0.2) is 35.9 Å². The van der Waals surface area contributed by atoms with E-state index in [2.05, 4.69) is 22.4 Å². The first-order valence-corrected chi connectivity index (χ1v) is 6.01. The van der Waals surface area contributed by atoms with Gasteiger partial charge in [-0.05, 0) is 6.42 Å². The summed E-state index contributed by atoms with van der Waals surface area (Å²) in [6.07, 6.45) is 3.94. The number of hydrogen-bond donors (Lipinski definition) is 1. The first-order valence-electron chi connectivity index (χ1n) is 6.01. The molecule has 1 aliphatic heterocycles. The topological polar surface area (TPSA) is 60.2 Å². The van der Waals surface area contributed by atoms with Crippen molar-refractivity contribution in [2.45, 2.75) is 38.6 Å². The molecule has 0 aliphatic carbocycles. The van der Waals surface area contributed by atoms with Crippen molar-refractivity contribution in [2.75, 3.05) is 19.8 Å². The summed E-state index contributed by atoms with van der Waals surface area (Å²) in [6, 6.07) is 0.313. The van der Waals surface area contributed by atoms with Gasteiger partial charge in [0.25, 0.3) is 0 Å². The zero-order chi connectivity index (χ0) is 11.2. The Balaban J connectivity index is 1.81. The molecule has 0 saturated carbocycles. The minimum atomic E-state index is 0.313. The molecule has 1 atom stereocenters. The predicted molar refractivity (Wildman–Crippen MR) is 59.2 cm³/mol. The van der Waals surface area contributed by atoms with E-state index in [0.29, 0.717) is 11.9 Å². The molecule has 1 aliphatic rings. The molecule has 16 heavy (non-hydrogen) atoms. The number of morpholine rings is 1. The van der Waals surface area contributed by atoms with Crippen LogP contribution in [0.1, 0.15) is 31.5 Å². The van der Waals surface area contributed by atoms with Gasteiger partial charge in [0.1, 0.15) is 0 Å². The van der Waals surface area contributed by atoms with E-state index in [-0.39, 0.29) is 0 Å². The number of rotatable bonds is 5. The van der Waals surface area contributed by atoms with E-state index in [9.17, 15) is 0 Å². The van der Waals surface area contributed by atoms with Crippen molar-refractivity contribution < 1.29 is 9.26 Å². The molecule has 0 bridgehead atoms.